The second-order valence-electron chi connectivity index (χ2n) is 3.00. The third-order valence-electron chi connectivity index (χ3n) is 2.11. The number of allylic oxidation sites excluding steroid dienone is 4. The van der Waals surface area contributed by atoms with Crippen LogP contribution in [-0.2, 0) is 4.79 Å². The number of rotatable bonds is 2. The van der Waals surface area contributed by atoms with Gasteiger partial charge in [0, 0.05) is 12.5 Å². The summed E-state index contributed by atoms with van der Waals surface area (Å²) in [5, 5.41) is 0. The molecule has 0 N–H and O–H groups in total. The molecule has 3 heteroatoms. The van der Waals surface area contributed by atoms with E-state index in [9.17, 15) is 13.6 Å². The zero-order valence-corrected chi connectivity index (χ0v) is 6.81. The minimum Gasteiger partial charge on any atom is -0.302 e. The maximum Gasteiger partial charge on any atom is 0.130 e. The molecule has 0 heterocycles. The lowest BCUT2D eigenvalue weighted by Gasteiger charge is -2.24. The lowest BCUT2D eigenvalue weighted by atomic mass is 9.80. The van der Waals surface area contributed by atoms with E-state index in [1.165, 1.54) is 6.08 Å². The molecule has 1 aliphatic carbocycles. The van der Waals surface area contributed by atoms with E-state index in [4.69, 9.17) is 0 Å². The SMILES string of the molecule is CCC1(C=O)C=C(F)C=C(F)C1. The van der Waals surface area contributed by atoms with Gasteiger partial charge in [-0.15, -0.1) is 0 Å². The first-order valence-corrected chi connectivity index (χ1v) is 3.82. The van der Waals surface area contributed by atoms with Crippen LogP contribution >= 0.6 is 0 Å². The Morgan fingerprint density at radius 1 is 1.67 bits per heavy atom. The van der Waals surface area contributed by atoms with Gasteiger partial charge in [0.2, 0.25) is 0 Å². The summed E-state index contributed by atoms with van der Waals surface area (Å²) in [5.41, 5.74) is -0.955. The zero-order chi connectivity index (χ0) is 9.19. The molecule has 1 atom stereocenters. The molecule has 0 saturated heterocycles. The Labute approximate surface area is 69.8 Å². The highest BCUT2D eigenvalue weighted by Gasteiger charge is 2.30. The summed E-state index contributed by atoms with van der Waals surface area (Å²) < 4.78 is 25.4. The van der Waals surface area contributed by atoms with E-state index >= 15 is 0 Å². The topological polar surface area (TPSA) is 17.1 Å². The number of hydrogen-bond acceptors (Lipinski definition) is 1. The van der Waals surface area contributed by atoms with Crippen molar-refractivity contribution >= 4 is 6.29 Å². The van der Waals surface area contributed by atoms with Gasteiger partial charge < -0.3 is 4.79 Å². The molecule has 0 aromatic carbocycles. The maximum atomic E-state index is 12.7. The summed E-state index contributed by atoms with van der Waals surface area (Å²) in [6, 6.07) is 0. The lowest BCUT2D eigenvalue weighted by Crippen LogP contribution is -2.21. The van der Waals surface area contributed by atoms with Crippen molar-refractivity contribution in [3.63, 3.8) is 0 Å². The summed E-state index contributed by atoms with van der Waals surface area (Å²) in [5.74, 6) is -1.23. The van der Waals surface area contributed by atoms with Crippen molar-refractivity contribution in [3.8, 4) is 0 Å². The van der Waals surface area contributed by atoms with Crippen molar-refractivity contribution in [1.29, 1.82) is 0 Å². The Kier molecular flexibility index (Phi) is 2.40. The van der Waals surface area contributed by atoms with Gasteiger partial charge in [0.25, 0.3) is 0 Å². The van der Waals surface area contributed by atoms with Gasteiger partial charge in [-0.3, -0.25) is 0 Å². The number of carbonyl (C=O) groups excluding carboxylic acids is 1. The summed E-state index contributed by atoms with van der Waals surface area (Å²) in [7, 11) is 0. The molecule has 12 heavy (non-hydrogen) atoms. The molecular weight excluding hydrogens is 162 g/mol. The summed E-state index contributed by atoms with van der Waals surface area (Å²) in [4.78, 5) is 10.6. The lowest BCUT2D eigenvalue weighted by molar-refractivity contribution is -0.114. The number of aldehydes is 1. The van der Waals surface area contributed by atoms with Gasteiger partial charge in [0.05, 0.1) is 5.41 Å². The average Bonchev–Trinajstić information content (AvgIpc) is 2.02. The normalized spacial score (nSPS) is 29.2. The highest BCUT2D eigenvalue weighted by Crippen LogP contribution is 2.36. The van der Waals surface area contributed by atoms with Gasteiger partial charge in [-0.2, -0.15) is 0 Å². The first-order chi connectivity index (χ1) is 5.62. The fraction of sp³-hybridized carbons (Fsp3) is 0.444. The predicted octanol–water partition coefficient (Wildman–Crippen LogP) is 2.69. The van der Waals surface area contributed by atoms with Crippen LogP contribution in [-0.4, -0.2) is 6.29 Å². The van der Waals surface area contributed by atoms with Crippen LogP contribution < -0.4 is 0 Å². The van der Waals surface area contributed by atoms with Crippen LogP contribution in [0.2, 0.25) is 0 Å². The quantitative estimate of drug-likeness (QED) is 0.585. The molecule has 1 unspecified atom stereocenters. The third kappa shape index (κ3) is 1.60. The van der Waals surface area contributed by atoms with Gasteiger partial charge in [-0.1, -0.05) is 6.92 Å². The van der Waals surface area contributed by atoms with E-state index in [0.717, 1.165) is 6.08 Å². The molecule has 1 rings (SSSR count). The molecule has 0 amide bonds. The van der Waals surface area contributed by atoms with Gasteiger partial charge in [0.15, 0.2) is 0 Å². The minimum atomic E-state index is -0.955. The van der Waals surface area contributed by atoms with E-state index in [1.54, 1.807) is 6.92 Å². The number of carbonyl (C=O) groups is 1. The van der Waals surface area contributed by atoms with Crippen LogP contribution in [0.3, 0.4) is 0 Å². The van der Waals surface area contributed by atoms with Crippen LogP contribution in [0.5, 0.6) is 0 Å². The van der Waals surface area contributed by atoms with Crippen molar-refractivity contribution < 1.29 is 13.6 Å². The van der Waals surface area contributed by atoms with E-state index in [-0.39, 0.29) is 6.42 Å². The number of halogens is 2. The largest absolute Gasteiger partial charge is 0.302 e. The molecule has 66 valence electrons. The standard InChI is InChI=1S/C9H10F2O/c1-2-9(6-12)4-7(10)3-8(11)5-9/h3-4,6H,2,5H2,1H3. The van der Waals surface area contributed by atoms with Crippen LogP contribution in [0, 0.1) is 5.41 Å². The van der Waals surface area contributed by atoms with Crippen molar-refractivity contribution in [2.75, 3.05) is 0 Å². The van der Waals surface area contributed by atoms with Crippen LogP contribution in [0.25, 0.3) is 0 Å². The van der Waals surface area contributed by atoms with Crippen molar-refractivity contribution in [2.45, 2.75) is 19.8 Å². The second-order valence-corrected chi connectivity index (χ2v) is 3.00. The highest BCUT2D eigenvalue weighted by molar-refractivity contribution is 5.64. The van der Waals surface area contributed by atoms with Crippen LogP contribution in [0.1, 0.15) is 19.8 Å². The predicted molar refractivity (Wildman–Crippen MR) is 41.8 cm³/mol. The van der Waals surface area contributed by atoms with Crippen LogP contribution in [0.4, 0.5) is 8.78 Å². The van der Waals surface area contributed by atoms with Gasteiger partial charge in [0.1, 0.15) is 17.9 Å². The van der Waals surface area contributed by atoms with E-state index in [1.807, 2.05) is 0 Å². The Morgan fingerprint density at radius 3 is 2.75 bits per heavy atom. The molecule has 0 fully saturated rings. The fourth-order valence-electron chi connectivity index (χ4n) is 1.27. The summed E-state index contributed by atoms with van der Waals surface area (Å²) in [6.45, 7) is 1.73. The average molecular weight is 172 g/mol. The van der Waals surface area contributed by atoms with Crippen molar-refractivity contribution in [1.82, 2.24) is 0 Å². The number of hydrogen-bond donors (Lipinski definition) is 0. The molecule has 1 aliphatic rings. The highest BCUT2D eigenvalue weighted by atomic mass is 19.1. The van der Waals surface area contributed by atoms with E-state index in [2.05, 4.69) is 0 Å². The first kappa shape index (κ1) is 9.10. The molecule has 0 aliphatic heterocycles. The van der Waals surface area contributed by atoms with E-state index < -0.39 is 17.1 Å². The van der Waals surface area contributed by atoms with Crippen molar-refractivity contribution in [3.05, 3.63) is 23.8 Å². The second kappa shape index (κ2) is 3.17. The third-order valence-corrected chi connectivity index (χ3v) is 2.11. The molecule has 0 aromatic heterocycles. The van der Waals surface area contributed by atoms with Gasteiger partial charge in [-0.05, 0) is 12.5 Å². The molecule has 1 nitrogen and oxygen atoms in total. The minimum absolute atomic E-state index is 0.0135. The zero-order valence-electron chi connectivity index (χ0n) is 6.81. The van der Waals surface area contributed by atoms with Crippen LogP contribution in [0.15, 0.2) is 23.8 Å². The Bertz CT molecular complexity index is 255. The molecule has 0 radical (unpaired) electrons. The maximum absolute atomic E-state index is 12.7. The fourth-order valence-corrected chi connectivity index (χ4v) is 1.27. The smallest absolute Gasteiger partial charge is 0.130 e. The molecular formula is C9H10F2O. The Balaban J connectivity index is 2.97. The van der Waals surface area contributed by atoms with Crippen molar-refractivity contribution in [2.24, 2.45) is 5.41 Å². The summed E-state index contributed by atoms with van der Waals surface area (Å²) >= 11 is 0. The Morgan fingerprint density at radius 2 is 2.33 bits per heavy atom. The summed E-state index contributed by atoms with van der Waals surface area (Å²) in [6.07, 6.45) is 3.02. The molecule has 0 aromatic rings. The Hall–Kier alpha value is -0.990. The molecule has 0 spiro atoms. The first-order valence-electron chi connectivity index (χ1n) is 3.82. The molecule has 0 saturated carbocycles. The monoisotopic (exact) mass is 172 g/mol. The van der Waals surface area contributed by atoms with E-state index in [0.29, 0.717) is 12.7 Å². The van der Waals surface area contributed by atoms with Gasteiger partial charge in [-0.25, -0.2) is 8.78 Å². The van der Waals surface area contributed by atoms with Gasteiger partial charge >= 0.3 is 0 Å². The molecule has 0 bridgehead atoms.